The van der Waals surface area contributed by atoms with E-state index in [0.29, 0.717) is 24.0 Å². The minimum Gasteiger partial charge on any atom is -0.502 e. The molecule has 2 N–H and O–H groups in total. The molecule has 0 saturated heterocycles. The molecular weight excluding hydrogens is 326 g/mol. The normalized spacial score (nSPS) is 19.0. The molecule has 0 unspecified atom stereocenters. The van der Waals surface area contributed by atoms with Crippen LogP contribution in [0.5, 0.6) is 17.2 Å². The van der Waals surface area contributed by atoms with Gasteiger partial charge in [0, 0.05) is 28.1 Å². The lowest BCUT2D eigenvalue weighted by Crippen LogP contribution is -2.24. The number of ether oxygens (including phenoxy) is 2. The van der Waals surface area contributed by atoms with Crippen LogP contribution in [0, 0.1) is 12.8 Å². The number of nitrogens with one attached hydrogen (secondary N) is 1. The average molecular weight is 347 g/mol. The molecule has 24 heavy (non-hydrogen) atoms. The second kappa shape index (κ2) is 6.73. The summed E-state index contributed by atoms with van der Waals surface area (Å²) in [5.41, 5.74) is 0.819. The third kappa shape index (κ3) is 3.33. The number of amides is 1. The largest absolute Gasteiger partial charge is 0.502 e. The topological polar surface area (TPSA) is 67.8 Å². The predicted octanol–water partition coefficient (Wildman–Crippen LogP) is 3.20. The SMILES string of the molecule is COc1cc(CNC(=O)[C@H]2C[C@H]2c2ccc(C)s2)cc(OC)c1O. The van der Waals surface area contributed by atoms with E-state index in [-0.39, 0.29) is 17.6 Å². The van der Waals surface area contributed by atoms with E-state index < -0.39 is 0 Å². The Bertz CT molecular complexity index is 730. The van der Waals surface area contributed by atoms with Gasteiger partial charge in [0.1, 0.15) is 0 Å². The molecule has 1 saturated carbocycles. The van der Waals surface area contributed by atoms with E-state index in [0.717, 1.165) is 12.0 Å². The third-order valence-electron chi connectivity index (χ3n) is 4.26. The van der Waals surface area contributed by atoms with Crippen LogP contribution in [-0.2, 0) is 11.3 Å². The highest BCUT2D eigenvalue weighted by atomic mass is 32.1. The fourth-order valence-electron chi connectivity index (χ4n) is 2.82. The molecule has 1 aromatic carbocycles. The molecule has 1 aliphatic rings. The van der Waals surface area contributed by atoms with Crippen LogP contribution in [0.15, 0.2) is 24.3 Å². The molecule has 0 aliphatic heterocycles. The molecule has 0 radical (unpaired) electrons. The van der Waals surface area contributed by atoms with Crippen LogP contribution < -0.4 is 14.8 Å². The molecule has 128 valence electrons. The molecule has 5 nitrogen and oxygen atoms in total. The average Bonchev–Trinajstić information content (AvgIpc) is 3.27. The van der Waals surface area contributed by atoms with Crippen molar-refractivity contribution in [1.82, 2.24) is 5.32 Å². The van der Waals surface area contributed by atoms with Crippen molar-refractivity contribution in [2.75, 3.05) is 14.2 Å². The van der Waals surface area contributed by atoms with E-state index >= 15 is 0 Å². The Balaban J connectivity index is 1.61. The fraction of sp³-hybridized carbons (Fsp3) is 0.389. The highest BCUT2D eigenvalue weighted by molar-refractivity contribution is 7.12. The summed E-state index contributed by atoms with van der Waals surface area (Å²) in [6.45, 7) is 2.45. The molecule has 1 fully saturated rings. The Morgan fingerprint density at radius 2 is 1.96 bits per heavy atom. The molecule has 1 aliphatic carbocycles. The molecule has 2 atom stereocenters. The van der Waals surface area contributed by atoms with Crippen molar-refractivity contribution >= 4 is 17.2 Å². The zero-order valence-corrected chi connectivity index (χ0v) is 14.8. The number of hydrogen-bond donors (Lipinski definition) is 2. The minimum atomic E-state index is -0.0367. The van der Waals surface area contributed by atoms with Crippen LogP contribution in [0.1, 0.15) is 27.7 Å². The smallest absolute Gasteiger partial charge is 0.224 e. The Morgan fingerprint density at radius 1 is 1.29 bits per heavy atom. The van der Waals surface area contributed by atoms with Gasteiger partial charge in [0.05, 0.1) is 14.2 Å². The van der Waals surface area contributed by atoms with Gasteiger partial charge in [-0.15, -0.1) is 11.3 Å². The quantitative estimate of drug-likeness (QED) is 0.842. The zero-order valence-electron chi connectivity index (χ0n) is 14.0. The number of aryl methyl sites for hydroxylation is 1. The number of aromatic hydroxyl groups is 1. The first-order chi connectivity index (χ1) is 11.5. The van der Waals surface area contributed by atoms with Crippen LogP contribution in [0.25, 0.3) is 0 Å². The summed E-state index contributed by atoms with van der Waals surface area (Å²) in [4.78, 5) is 14.9. The summed E-state index contributed by atoms with van der Waals surface area (Å²) in [6.07, 6.45) is 0.911. The Labute approximate surface area is 145 Å². The maximum Gasteiger partial charge on any atom is 0.224 e. The first-order valence-electron chi connectivity index (χ1n) is 7.81. The third-order valence-corrected chi connectivity index (χ3v) is 5.39. The summed E-state index contributed by atoms with van der Waals surface area (Å²) < 4.78 is 10.3. The maximum atomic E-state index is 12.3. The van der Waals surface area contributed by atoms with Crippen molar-refractivity contribution in [2.24, 2.45) is 5.92 Å². The van der Waals surface area contributed by atoms with E-state index in [4.69, 9.17) is 9.47 Å². The predicted molar refractivity (Wildman–Crippen MR) is 93.0 cm³/mol. The number of carbonyl (C=O) groups is 1. The fourth-order valence-corrected chi connectivity index (χ4v) is 3.88. The number of phenolic OH excluding ortho intramolecular Hbond substituents is 1. The minimum absolute atomic E-state index is 0.0367. The van der Waals surface area contributed by atoms with Crippen LogP contribution in [0.4, 0.5) is 0 Å². The summed E-state index contributed by atoms with van der Waals surface area (Å²) in [6, 6.07) is 7.62. The van der Waals surface area contributed by atoms with E-state index in [2.05, 4.69) is 24.4 Å². The summed E-state index contributed by atoms with van der Waals surface area (Å²) in [5, 5.41) is 12.9. The van der Waals surface area contributed by atoms with Crippen molar-refractivity contribution in [3.8, 4) is 17.2 Å². The van der Waals surface area contributed by atoms with Crippen molar-refractivity contribution < 1.29 is 19.4 Å². The van der Waals surface area contributed by atoms with Crippen molar-refractivity contribution in [1.29, 1.82) is 0 Å². The van der Waals surface area contributed by atoms with Gasteiger partial charge in [-0.2, -0.15) is 0 Å². The summed E-state index contributed by atoms with van der Waals surface area (Å²) >= 11 is 1.76. The number of methoxy groups -OCH3 is 2. The lowest BCUT2D eigenvalue weighted by atomic mass is 10.1. The molecule has 6 heteroatoms. The van der Waals surface area contributed by atoms with Crippen LogP contribution in [-0.4, -0.2) is 25.2 Å². The molecular formula is C18H21NO4S. The van der Waals surface area contributed by atoms with Gasteiger partial charge < -0.3 is 19.9 Å². The monoisotopic (exact) mass is 347 g/mol. The van der Waals surface area contributed by atoms with Gasteiger partial charge in [-0.3, -0.25) is 4.79 Å². The number of carbonyl (C=O) groups excluding carboxylic acids is 1. The van der Waals surface area contributed by atoms with E-state index in [9.17, 15) is 9.90 Å². The molecule has 0 bridgehead atoms. The number of phenols is 1. The standard InChI is InChI=1S/C18H21NO4S/c1-10-4-5-16(24-10)12-8-13(12)18(21)19-9-11-6-14(22-2)17(20)15(7-11)23-3/h4-7,12-13,20H,8-9H2,1-3H3,(H,19,21)/t12-,13+/m1/s1. The second-order valence-electron chi connectivity index (χ2n) is 5.96. The molecule has 3 rings (SSSR count). The van der Waals surface area contributed by atoms with Crippen LogP contribution >= 0.6 is 11.3 Å². The first-order valence-corrected chi connectivity index (χ1v) is 8.63. The summed E-state index contributed by atoms with van der Waals surface area (Å²) in [5.74, 6) is 1.10. The highest BCUT2D eigenvalue weighted by Gasteiger charge is 2.44. The van der Waals surface area contributed by atoms with Gasteiger partial charge in [0.15, 0.2) is 11.5 Å². The number of hydrogen-bond acceptors (Lipinski definition) is 5. The molecule has 2 aromatic rings. The van der Waals surface area contributed by atoms with E-state index in [1.807, 2.05) is 0 Å². The lowest BCUT2D eigenvalue weighted by molar-refractivity contribution is -0.122. The lowest BCUT2D eigenvalue weighted by Gasteiger charge is -2.12. The highest BCUT2D eigenvalue weighted by Crippen LogP contribution is 2.49. The van der Waals surface area contributed by atoms with Gasteiger partial charge in [-0.25, -0.2) is 0 Å². The van der Waals surface area contributed by atoms with Crippen molar-refractivity contribution in [2.45, 2.75) is 25.8 Å². The van der Waals surface area contributed by atoms with E-state index in [1.165, 1.54) is 24.0 Å². The number of benzene rings is 1. The first kappa shape index (κ1) is 16.6. The van der Waals surface area contributed by atoms with Gasteiger partial charge in [-0.05, 0) is 43.2 Å². The van der Waals surface area contributed by atoms with Crippen molar-refractivity contribution in [3.05, 3.63) is 39.6 Å². The van der Waals surface area contributed by atoms with Gasteiger partial charge >= 0.3 is 0 Å². The van der Waals surface area contributed by atoms with Crippen molar-refractivity contribution in [3.63, 3.8) is 0 Å². The van der Waals surface area contributed by atoms with Gasteiger partial charge in [0.25, 0.3) is 0 Å². The van der Waals surface area contributed by atoms with Crippen LogP contribution in [0.2, 0.25) is 0 Å². The zero-order chi connectivity index (χ0) is 17.3. The van der Waals surface area contributed by atoms with Gasteiger partial charge in [-0.1, -0.05) is 0 Å². The Morgan fingerprint density at radius 3 is 2.50 bits per heavy atom. The maximum absolute atomic E-state index is 12.3. The Kier molecular flexibility index (Phi) is 4.66. The molecule has 1 heterocycles. The Hall–Kier alpha value is -2.21. The molecule has 0 spiro atoms. The number of rotatable bonds is 6. The van der Waals surface area contributed by atoms with E-state index in [1.54, 1.807) is 23.5 Å². The molecule has 1 aromatic heterocycles. The molecule has 1 amide bonds. The van der Waals surface area contributed by atoms with Crippen LogP contribution in [0.3, 0.4) is 0 Å². The van der Waals surface area contributed by atoms with Gasteiger partial charge in [0.2, 0.25) is 11.7 Å². The second-order valence-corrected chi connectivity index (χ2v) is 7.28. The number of thiophene rings is 1. The summed E-state index contributed by atoms with van der Waals surface area (Å²) in [7, 11) is 2.96.